The molecule has 1 saturated carbocycles. The molecule has 0 radical (unpaired) electrons. The molecule has 2 atom stereocenters. The largest absolute Gasteiger partial charge is 0.322 e. The van der Waals surface area contributed by atoms with Crippen LogP contribution in [0.1, 0.15) is 26.7 Å². The zero-order valence-electron chi connectivity index (χ0n) is 6.22. The average Bonchev–Trinajstić information content (AvgIpc) is 2.43. The summed E-state index contributed by atoms with van der Waals surface area (Å²) in [6.45, 7) is 4.22. The van der Waals surface area contributed by atoms with E-state index in [-0.39, 0.29) is 5.54 Å². The summed E-state index contributed by atoms with van der Waals surface area (Å²) in [6, 6.07) is 0. The Morgan fingerprint density at radius 1 is 1.78 bits per heavy atom. The van der Waals surface area contributed by atoms with Gasteiger partial charge in [0.1, 0.15) is 0 Å². The molecule has 9 heavy (non-hydrogen) atoms. The Balaban J connectivity index is 2.42. The summed E-state index contributed by atoms with van der Waals surface area (Å²) < 4.78 is 0. The summed E-state index contributed by atoms with van der Waals surface area (Å²) >= 11 is 0. The molecule has 1 heteroatoms. The summed E-state index contributed by atoms with van der Waals surface area (Å²) in [6.07, 6.45) is 6.59. The highest BCUT2D eigenvalue weighted by atomic mass is 14.8. The minimum Gasteiger partial charge on any atom is -0.322 e. The molecule has 1 nitrogen and oxygen atoms in total. The van der Waals surface area contributed by atoms with Crippen molar-refractivity contribution in [3.8, 4) is 0 Å². The Hall–Kier alpha value is -0.300. The van der Waals surface area contributed by atoms with Crippen LogP contribution in [0, 0.1) is 5.92 Å². The van der Waals surface area contributed by atoms with Crippen molar-refractivity contribution in [1.29, 1.82) is 0 Å². The van der Waals surface area contributed by atoms with E-state index in [1.165, 1.54) is 12.8 Å². The minimum absolute atomic E-state index is 0.0868. The maximum absolute atomic E-state index is 5.93. The van der Waals surface area contributed by atoms with Crippen LogP contribution in [0.15, 0.2) is 12.2 Å². The summed E-state index contributed by atoms with van der Waals surface area (Å²) in [5.41, 5.74) is 6.01. The first-order chi connectivity index (χ1) is 4.23. The predicted octanol–water partition coefficient (Wildman–Crippen LogP) is 1.69. The van der Waals surface area contributed by atoms with Crippen molar-refractivity contribution in [2.45, 2.75) is 32.2 Å². The fourth-order valence-electron chi connectivity index (χ4n) is 1.41. The fourth-order valence-corrected chi connectivity index (χ4v) is 1.41. The van der Waals surface area contributed by atoms with Crippen molar-refractivity contribution in [3.05, 3.63) is 12.2 Å². The van der Waals surface area contributed by atoms with Gasteiger partial charge in [0.2, 0.25) is 0 Å². The lowest BCUT2D eigenvalue weighted by molar-refractivity contribution is 0.682. The summed E-state index contributed by atoms with van der Waals surface area (Å²) in [5.74, 6) is 0.758. The van der Waals surface area contributed by atoms with E-state index in [0.29, 0.717) is 0 Å². The second kappa shape index (κ2) is 2.14. The number of hydrogen-bond acceptors (Lipinski definition) is 1. The minimum atomic E-state index is 0.0868. The normalized spacial score (nSPS) is 41.9. The highest BCUT2D eigenvalue weighted by Gasteiger charge is 2.46. The zero-order chi connectivity index (χ0) is 6.91. The van der Waals surface area contributed by atoms with Crippen LogP contribution in [0.2, 0.25) is 0 Å². The topological polar surface area (TPSA) is 26.0 Å². The van der Waals surface area contributed by atoms with E-state index in [0.717, 1.165) is 5.92 Å². The molecule has 0 bridgehead atoms. The molecule has 0 aliphatic heterocycles. The van der Waals surface area contributed by atoms with Gasteiger partial charge in [-0.1, -0.05) is 25.5 Å². The molecule has 2 N–H and O–H groups in total. The molecular weight excluding hydrogens is 110 g/mol. The molecule has 1 fully saturated rings. The number of nitrogens with two attached hydrogens (primary N) is 1. The first kappa shape index (κ1) is 6.81. The number of rotatable bonds is 2. The maximum atomic E-state index is 5.93. The van der Waals surface area contributed by atoms with Gasteiger partial charge in [-0.15, -0.1) is 0 Å². The summed E-state index contributed by atoms with van der Waals surface area (Å²) in [5, 5.41) is 0. The third-order valence-corrected chi connectivity index (χ3v) is 2.17. The SMILES string of the molecule is C/C=C/[C@@]1(N)C[C@@H]1CC. The van der Waals surface area contributed by atoms with E-state index < -0.39 is 0 Å². The second-order valence-corrected chi connectivity index (χ2v) is 2.92. The lowest BCUT2D eigenvalue weighted by Crippen LogP contribution is -2.21. The zero-order valence-corrected chi connectivity index (χ0v) is 6.22. The Morgan fingerprint density at radius 2 is 2.44 bits per heavy atom. The molecule has 52 valence electrons. The molecule has 0 saturated heterocycles. The van der Waals surface area contributed by atoms with Crippen LogP contribution in [-0.4, -0.2) is 5.54 Å². The van der Waals surface area contributed by atoms with Crippen molar-refractivity contribution in [1.82, 2.24) is 0 Å². The third kappa shape index (κ3) is 1.16. The van der Waals surface area contributed by atoms with E-state index in [9.17, 15) is 0 Å². The summed E-state index contributed by atoms with van der Waals surface area (Å²) in [4.78, 5) is 0. The highest BCUT2D eigenvalue weighted by molar-refractivity contribution is 5.19. The van der Waals surface area contributed by atoms with Gasteiger partial charge in [0.25, 0.3) is 0 Å². The number of hydrogen-bond donors (Lipinski definition) is 1. The van der Waals surface area contributed by atoms with Crippen molar-refractivity contribution in [2.24, 2.45) is 11.7 Å². The monoisotopic (exact) mass is 125 g/mol. The molecule has 1 rings (SSSR count). The first-order valence-electron chi connectivity index (χ1n) is 3.65. The van der Waals surface area contributed by atoms with Crippen molar-refractivity contribution < 1.29 is 0 Å². The molecule has 1 aliphatic rings. The summed E-state index contributed by atoms with van der Waals surface area (Å²) in [7, 11) is 0. The molecule has 1 aliphatic carbocycles. The van der Waals surface area contributed by atoms with E-state index in [2.05, 4.69) is 19.1 Å². The van der Waals surface area contributed by atoms with Gasteiger partial charge in [0, 0.05) is 5.54 Å². The van der Waals surface area contributed by atoms with Gasteiger partial charge in [-0.25, -0.2) is 0 Å². The lowest BCUT2D eigenvalue weighted by atomic mass is 10.2. The highest BCUT2D eigenvalue weighted by Crippen LogP contribution is 2.44. The standard InChI is InChI=1S/C8H15N/c1-3-5-8(9)6-7(8)4-2/h3,5,7H,4,6,9H2,1-2H3/b5-3+/t7-,8+/m0/s1. The van der Waals surface area contributed by atoms with Crippen molar-refractivity contribution in [2.75, 3.05) is 0 Å². The smallest absolute Gasteiger partial charge is 0.0371 e. The molecule has 0 aromatic heterocycles. The van der Waals surface area contributed by atoms with Gasteiger partial charge < -0.3 is 5.73 Å². The van der Waals surface area contributed by atoms with Crippen molar-refractivity contribution in [3.63, 3.8) is 0 Å². The quantitative estimate of drug-likeness (QED) is 0.558. The van der Waals surface area contributed by atoms with Crippen LogP contribution < -0.4 is 5.73 Å². The Bertz CT molecular complexity index is 129. The van der Waals surface area contributed by atoms with Gasteiger partial charge in [-0.2, -0.15) is 0 Å². The van der Waals surface area contributed by atoms with Crippen LogP contribution in [0.25, 0.3) is 0 Å². The van der Waals surface area contributed by atoms with E-state index in [1.54, 1.807) is 0 Å². The van der Waals surface area contributed by atoms with Gasteiger partial charge >= 0.3 is 0 Å². The number of allylic oxidation sites excluding steroid dienone is 1. The Labute approximate surface area is 56.9 Å². The van der Waals surface area contributed by atoms with Gasteiger partial charge in [0.15, 0.2) is 0 Å². The van der Waals surface area contributed by atoms with Gasteiger partial charge in [-0.05, 0) is 19.3 Å². The predicted molar refractivity (Wildman–Crippen MR) is 40.1 cm³/mol. The first-order valence-corrected chi connectivity index (χ1v) is 3.65. The lowest BCUT2D eigenvalue weighted by Gasteiger charge is -2.00. The van der Waals surface area contributed by atoms with Gasteiger partial charge in [-0.3, -0.25) is 0 Å². The van der Waals surface area contributed by atoms with E-state index in [4.69, 9.17) is 5.73 Å². The fraction of sp³-hybridized carbons (Fsp3) is 0.750. The van der Waals surface area contributed by atoms with Crippen LogP contribution >= 0.6 is 0 Å². The molecule has 0 amide bonds. The van der Waals surface area contributed by atoms with Crippen LogP contribution in [-0.2, 0) is 0 Å². The molecular formula is C8H15N. The Morgan fingerprint density at radius 3 is 2.78 bits per heavy atom. The second-order valence-electron chi connectivity index (χ2n) is 2.92. The molecule has 0 heterocycles. The van der Waals surface area contributed by atoms with E-state index >= 15 is 0 Å². The third-order valence-electron chi connectivity index (χ3n) is 2.17. The van der Waals surface area contributed by atoms with Gasteiger partial charge in [0.05, 0.1) is 0 Å². The van der Waals surface area contributed by atoms with Crippen LogP contribution in [0.3, 0.4) is 0 Å². The van der Waals surface area contributed by atoms with E-state index in [1.807, 2.05) is 6.92 Å². The molecule has 0 aromatic rings. The molecule has 0 spiro atoms. The van der Waals surface area contributed by atoms with Crippen molar-refractivity contribution >= 4 is 0 Å². The average molecular weight is 125 g/mol. The maximum Gasteiger partial charge on any atom is 0.0371 e. The molecule has 0 aromatic carbocycles. The molecule has 0 unspecified atom stereocenters. The van der Waals surface area contributed by atoms with Crippen LogP contribution in [0.4, 0.5) is 0 Å². The Kier molecular flexibility index (Phi) is 1.62. The van der Waals surface area contributed by atoms with Crippen LogP contribution in [0.5, 0.6) is 0 Å².